The first kappa shape index (κ1) is 14.9. The Morgan fingerprint density at radius 3 is 2.95 bits per heavy atom. The van der Waals surface area contributed by atoms with Crippen molar-refractivity contribution in [3.05, 3.63) is 17.3 Å². The third-order valence-corrected chi connectivity index (χ3v) is 5.09. The Labute approximate surface area is 131 Å². The van der Waals surface area contributed by atoms with E-state index in [0.29, 0.717) is 6.04 Å². The molecule has 21 heavy (non-hydrogen) atoms. The maximum absolute atomic E-state index is 6.23. The van der Waals surface area contributed by atoms with Crippen LogP contribution in [0.4, 0.5) is 5.82 Å². The maximum atomic E-state index is 6.23. The van der Waals surface area contributed by atoms with Gasteiger partial charge in [-0.2, -0.15) is 0 Å². The molecule has 1 atom stereocenters. The molecular formula is C16H26N4S. The van der Waals surface area contributed by atoms with Crippen molar-refractivity contribution in [1.29, 1.82) is 0 Å². The zero-order valence-electron chi connectivity index (χ0n) is 13.1. The van der Waals surface area contributed by atoms with Crippen LogP contribution in [0.3, 0.4) is 0 Å². The average molecular weight is 306 g/mol. The summed E-state index contributed by atoms with van der Waals surface area (Å²) in [5.74, 6) is 1.20. The second-order valence-electron chi connectivity index (χ2n) is 6.09. The molecule has 2 aromatic heterocycles. The summed E-state index contributed by atoms with van der Waals surface area (Å²) in [5, 5.41) is 2.11. The summed E-state index contributed by atoms with van der Waals surface area (Å²) in [6.45, 7) is 5.54. The van der Waals surface area contributed by atoms with Gasteiger partial charge >= 0.3 is 0 Å². The predicted molar refractivity (Wildman–Crippen MR) is 90.3 cm³/mol. The summed E-state index contributed by atoms with van der Waals surface area (Å²) in [7, 11) is 0. The molecule has 1 aliphatic rings. The molecule has 1 aliphatic carbocycles. The monoisotopic (exact) mass is 306 g/mol. The SMILES string of the molecule is CCCCN(c1nc2sccn2c1CC(N)CC)C1CC1. The van der Waals surface area contributed by atoms with E-state index < -0.39 is 0 Å². The van der Waals surface area contributed by atoms with Gasteiger partial charge in [-0.1, -0.05) is 20.3 Å². The normalized spacial score (nSPS) is 16.5. The second-order valence-corrected chi connectivity index (χ2v) is 6.96. The Balaban J connectivity index is 1.94. The van der Waals surface area contributed by atoms with E-state index in [9.17, 15) is 0 Å². The molecule has 5 heteroatoms. The fraction of sp³-hybridized carbons (Fsp3) is 0.688. The van der Waals surface area contributed by atoms with E-state index in [1.54, 1.807) is 11.3 Å². The van der Waals surface area contributed by atoms with E-state index in [2.05, 4.69) is 34.7 Å². The average Bonchev–Trinajstić information content (AvgIpc) is 3.13. The number of imidazole rings is 1. The number of aromatic nitrogens is 2. The van der Waals surface area contributed by atoms with E-state index in [1.165, 1.54) is 37.2 Å². The van der Waals surface area contributed by atoms with Gasteiger partial charge in [0.2, 0.25) is 0 Å². The number of nitrogens with two attached hydrogens (primary N) is 1. The van der Waals surface area contributed by atoms with Crippen LogP contribution in [0.25, 0.3) is 4.96 Å². The molecule has 2 heterocycles. The number of unbranched alkanes of at least 4 members (excludes halogenated alkanes) is 1. The standard InChI is InChI=1S/C16H26N4S/c1-3-5-8-19(13-6-7-13)15-14(11-12(17)4-2)20-9-10-21-16(20)18-15/h9-10,12-13H,3-8,11,17H2,1-2H3. The van der Waals surface area contributed by atoms with E-state index in [1.807, 2.05) is 0 Å². The molecule has 0 radical (unpaired) electrons. The van der Waals surface area contributed by atoms with Gasteiger partial charge < -0.3 is 10.6 Å². The number of hydrogen-bond acceptors (Lipinski definition) is 4. The summed E-state index contributed by atoms with van der Waals surface area (Å²) < 4.78 is 2.25. The van der Waals surface area contributed by atoms with Crippen LogP contribution in [-0.2, 0) is 6.42 Å². The summed E-state index contributed by atoms with van der Waals surface area (Å²) in [5.41, 5.74) is 7.54. The van der Waals surface area contributed by atoms with Crippen molar-refractivity contribution in [1.82, 2.24) is 9.38 Å². The second kappa shape index (κ2) is 6.36. The number of fused-ring (bicyclic) bond motifs is 1. The van der Waals surface area contributed by atoms with Gasteiger partial charge in [0.05, 0.1) is 5.69 Å². The number of thiazole rings is 1. The van der Waals surface area contributed by atoms with Gasteiger partial charge in [-0.15, -0.1) is 11.3 Å². The molecule has 3 rings (SSSR count). The van der Waals surface area contributed by atoms with Crippen LogP contribution < -0.4 is 10.6 Å². The molecule has 0 spiro atoms. The lowest BCUT2D eigenvalue weighted by Crippen LogP contribution is -2.30. The van der Waals surface area contributed by atoms with Crippen LogP contribution in [0.1, 0.15) is 51.6 Å². The first-order chi connectivity index (χ1) is 10.2. The highest BCUT2D eigenvalue weighted by Gasteiger charge is 2.32. The number of rotatable bonds is 8. The quantitative estimate of drug-likeness (QED) is 0.812. The third kappa shape index (κ3) is 3.09. The number of nitrogens with zero attached hydrogens (tertiary/aromatic N) is 3. The van der Waals surface area contributed by atoms with Crippen molar-refractivity contribution >= 4 is 22.1 Å². The Hall–Kier alpha value is -1.07. The van der Waals surface area contributed by atoms with Crippen LogP contribution in [0.2, 0.25) is 0 Å². The highest BCUT2D eigenvalue weighted by atomic mass is 32.1. The Morgan fingerprint density at radius 2 is 2.29 bits per heavy atom. The van der Waals surface area contributed by atoms with Crippen LogP contribution >= 0.6 is 11.3 Å². The maximum Gasteiger partial charge on any atom is 0.195 e. The Morgan fingerprint density at radius 1 is 1.48 bits per heavy atom. The molecule has 0 aliphatic heterocycles. The topological polar surface area (TPSA) is 46.6 Å². The van der Waals surface area contributed by atoms with Crippen LogP contribution in [-0.4, -0.2) is 28.0 Å². The molecule has 2 aromatic rings. The van der Waals surface area contributed by atoms with E-state index >= 15 is 0 Å². The minimum atomic E-state index is 0.218. The number of anilines is 1. The largest absolute Gasteiger partial charge is 0.352 e. The first-order valence-corrected chi connectivity index (χ1v) is 9.09. The Bertz CT molecular complexity index is 584. The van der Waals surface area contributed by atoms with Crippen LogP contribution in [0.15, 0.2) is 11.6 Å². The van der Waals surface area contributed by atoms with Crippen molar-refractivity contribution in [3.63, 3.8) is 0 Å². The van der Waals surface area contributed by atoms with Crippen molar-refractivity contribution in [2.75, 3.05) is 11.4 Å². The summed E-state index contributed by atoms with van der Waals surface area (Å²) in [6, 6.07) is 0.925. The van der Waals surface area contributed by atoms with Crippen LogP contribution in [0, 0.1) is 0 Å². The van der Waals surface area contributed by atoms with E-state index in [4.69, 9.17) is 10.7 Å². The molecule has 4 nitrogen and oxygen atoms in total. The van der Waals surface area contributed by atoms with Gasteiger partial charge in [-0.05, 0) is 25.7 Å². The minimum absolute atomic E-state index is 0.218. The molecule has 0 amide bonds. The molecule has 1 saturated carbocycles. The number of hydrogen-bond donors (Lipinski definition) is 1. The van der Waals surface area contributed by atoms with E-state index in [0.717, 1.165) is 24.3 Å². The van der Waals surface area contributed by atoms with Crippen LogP contribution in [0.5, 0.6) is 0 Å². The smallest absolute Gasteiger partial charge is 0.195 e. The van der Waals surface area contributed by atoms with Crippen molar-refractivity contribution in [2.45, 2.75) is 64.5 Å². The molecule has 0 bridgehead atoms. The Kier molecular flexibility index (Phi) is 4.50. The predicted octanol–water partition coefficient (Wildman–Crippen LogP) is 3.44. The molecule has 1 fully saturated rings. The summed E-state index contributed by atoms with van der Waals surface area (Å²) >= 11 is 1.71. The van der Waals surface area contributed by atoms with Gasteiger partial charge in [-0.25, -0.2) is 4.98 Å². The van der Waals surface area contributed by atoms with Gasteiger partial charge in [0.1, 0.15) is 0 Å². The van der Waals surface area contributed by atoms with Crippen molar-refractivity contribution in [3.8, 4) is 0 Å². The lowest BCUT2D eigenvalue weighted by molar-refractivity contribution is 0.628. The van der Waals surface area contributed by atoms with Crippen molar-refractivity contribution < 1.29 is 0 Å². The van der Waals surface area contributed by atoms with Crippen molar-refractivity contribution in [2.24, 2.45) is 5.73 Å². The summed E-state index contributed by atoms with van der Waals surface area (Å²) in [6.07, 6.45) is 9.16. The highest BCUT2D eigenvalue weighted by Crippen LogP contribution is 2.35. The van der Waals surface area contributed by atoms with Gasteiger partial charge in [0.25, 0.3) is 0 Å². The zero-order valence-corrected chi connectivity index (χ0v) is 13.9. The first-order valence-electron chi connectivity index (χ1n) is 8.21. The molecule has 0 saturated heterocycles. The van der Waals surface area contributed by atoms with Gasteiger partial charge in [0.15, 0.2) is 10.8 Å². The molecule has 116 valence electrons. The third-order valence-electron chi connectivity index (χ3n) is 4.33. The molecular weight excluding hydrogens is 280 g/mol. The highest BCUT2D eigenvalue weighted by molar-refractivity contribution is 7.15. The minimum Gasteiger partial charge on any atom is -0.352 e. The molecule has 2 N–H and O–H groups in total. The zero-order chi connectivity index (χ0) is 14.8. The molecule has 0 aromatic carbocycles. The van der Waals surface area contributed by atoms with E-state index in [-0.39, 0.29) is 6.04 Å². The summed E-state index contributed by atoms with van der Waals surface area (Å²) in [4.78, 5) is 8.57. The molecule has 1 unspecified atom stereocenters. The van der Waals surface area contributed by atoms with Gasteiger partial charge in [0, 0.05) is 36.6 Å². The lowest BCUT2D eigenvalue weighted by atomic mass is 10.1. The fourth-order valence-corrected chi connectivity index (χ4v) is 3.54. The van der Waals surface area contributed by atoms with Gasteiger partial charge in [-0.3, -0.25) is 4.40 Å². The fourth-order valence-electron chi connectivity index (χ4n) is 2.81. The lowest BCUT2D eigenvalue weighted by Gasteiger charge is -2.24.